The fraction of sp³-hybridized carbons (Fsp3) is 0.125. The Kier molecular flexibility index (Phi) is 5.08. The van der Waals surface area contributed by atoms with Gasteiger partial charge in [-0.2, -0.15) is 0 Å². The third-order valence-corrected chi connectivity index (χ3v) is 2.89. The van der Waals surface area contributed by atoms with Gasteiger partial charge in [0.05, 0.1) is 19.3 Å². The number of rotatable bonds is 5. The Morgan fingerprint density at radius 2 is 1.91 bits per heavy atom. The molecule has 2 aromatic carbocycles. The van der Waals surface area contributed by atoms with Gasteiger partial charge in [-0.15, -0.1) is 0 Å². The molecule has 0 bridgehead atoms. The smallest absolute Gasteiger partial charge is 0.251 e. The van der Waals surface area contributed by atoms with Crippen molar-refractivity contribution in [1.82, 2.24) is 5.32 Å². The van der Waals surface area contributed by atoms with Crippen LogP contribution in [0.15, 0.2) is 48.5 Å². The molecule has 22 heavy (non-hydrogen) atoms. The fourth-order valence-electron chi connectivity index (χ4n) is 1.78. The Bertz CT molecular complexity index is 689. The molecule has 0 aliphatic rings. The summed E-state index contributed by atoms with van der Waals surface area (Å²) in [6.45, 7) is -0.260. The molecular weight excluding hydrogens is 287 g/mol. The summed E-state index contributed by atoms with van der Waals surface area (Å²) >= 11 is 0. The van der Waals surface area contributed by atoms with E-state index in [1.165, 1.54) is 25.3 Å². The van der Waals surface area contributed by atoms with Crippen molar-refractivity contribution in [3.8, 4) is 5.75 Å². The maximum absolute atomic E-state index is 13.4. The molecule has 0 aromatic heterocycles. The number of hydrogen-bond donors (Lipinski definition) is 2. The number of nitrogens with one attached hydrogen (secondary N) is 2. The summed E-state index contributed by atoms with van der Waals surface area (Å²) in [6, 6.07) is 12.4. The second-order valence-electron chi connectivity index (χ2n) is 4.44. The highest BCUT2D eigenvalue weighted by Gasteiger charge is 2.10. The second-order valence-corrected chi connectivity index (χ2v) is 4.44. The zero-order chi connectivity index (χ0) is 15.9. The fourth-order valence-corrected chi connectivity index (χ4v) is 1.78. The minimum Gasteiger partial charge on any atom is -0.497 e. The number of anilines is 1. The average molecular weight is 302 g/mol. The number of amides is 2. The molecule has 0 radical (unpaired) electrons. The van der Waals surface area contributed by atoms with E-state index >= 15 is 0 Å². The van der Waals surface area contributed by atoms with Crippen molar-refractivity contribution in [3.05, 3.63) is 59.9 Å². The van der Waals surface area contributed by atoms with Crippen LogP contribution in [0.4, 0.5) is 10.1 Å². The van der Waals surface area contributed by atoms with Gasteiger partial charge in [0.15, 0.2) is 0 Å². The van der Waals surface area contributed by atoms with Gasteiger partial charge in [0.2, 0.25) is 5.91 Å². The van der Waals surface area contributed by atoms with Gasteiger partial charge in [-0.1, -0.05) is 18.2 Å². The average Bonchev–Trinajstić information content (AvgIpc) is 2.55. The highest BCUT2D eigenvalue weighted by atomic mass is 19.1. The van der Waals surface area contributed by atoms with Gasteiger partial charge < -0.3 is 15.4 Å². The van der Waals surface area contributed by atoms with Gasteiger partial charge in [0.1, 0.15) is 11.6 Å². The molecule has 2 rings (SSSR count). The largest absolute Gasteiger partial charge is 0.497 e. The molecular formula is C16H15FN2O3. The first-order valence-electron chi connectivity index (χ1n) is 6.57. The summed E-state index contributed by atoms with van der Waals surface area (Å²) in [7, 11) is 1.50. The minimum atomic E-state index is -0.532. The first-order valence-corrected chi connectivity index (χ1v) is 6.57. The molecule has 0 unspecified atom stereocenters. The standard InChI is InChI=1S/C16H15FN2O3/c1-22-12-6-4-5-11(9-12)16(21)18-10-15(20)19-14-8-3-2-7-13(14)17/h2-9H,10H2,1H3,(H,18,21)(H,19,20). The second kappa shape index (κ2) is 7.21. The predicted octanol–water partition coefficient (Wildman–Crippen LogP) is 2.20. The maximum Gasteiger partial charge on any atom is 0.251 e. The van der Waals surface area contributed by atoms with Crippen LogP contribution in [-0.2, 0) is 4.79 Å². The first-order chi connectivity index (χ1) is 10.6. The number of ether oxygens (including phenoxy) is 1. The van der Waals surface area contributed by atoms with Gasteiger partial charge >= 0.3 is 0 Å². The minimum absolute atomic E-state index is 0.0723. The van der Waals surface area contributed by atoms with Crippen molar-refractivity contribution in [3.63, 3.8) is 0 Å². The molecule has 0 aliphatic carbocycles. The Hall–Kier alpha value is -2.89. The van der Waals surface area contributed by atoms with Crippen molar-refractivity contribution in [2.75, 3.05) is 19.0 Å². The summed E-state index contributed by atoms with van der Waals surface area (Å²) < 4.78 is 18.4. The maximum atomic E-state index is 13.4. The Balaban J connectivity index is 1.90. The van der Waals surface area contributed by atoms with Crippen LogP contribution in [0.25, 0.3) is 0 Å². The molecule has 0 spiro atoms. The van der Waals surface area contributed by atoms with Gasteiger partial charge in [0, 0.05) is 5.56 Å². The number of benzene rings is 2. The van der Waals surface area contributed by atoms with E-state index in [0.717, 1.165) is 0 Å². The van der Waals surface area contributed by atoms with Crippen LogP contribution in [-0.4, -0.2) is 25.5 Å². The first kappa shape index (κ1) is 15.5. The zero-order valence-electron chi connectivity index (χ0n) is 11.9. The summed E-state index contributed by atoms with van der Waals surface area (Å²) in [5.41, 5.74) is 0.446. The van der Waals surface area contributed by atoms with Gasteiger partial charge in [-0.25, -0.2) is 4.39 Å². The SMILES string of the molecule is COc1cccc(C(=O)NCC(=O)Nc2ccccc2F)c1. The molecule has 6 heteroatoms. The van der Waals surface area contributed by atoms with Crippen LogP contribution in [0.2, 0.25) is 0 Å². The molecule has 0 heterocycles. The highest BCUT2D eigenvalue weighted by molar-refractivity contribution is 5.99. The number of hydrogen-bond acceptors (Lipinski definition) is 3. The van der Waals surface area contributed by atoms with Crippen molar-refractivity contribution in [1.29, 1.82) is 0 Å². The topological polar surface area (TPSA) is 67.4 Å². The quantitative estimate of drug-likeness (QED) is 0.890. The lowest BCUT2D eigenvalue weighted by molar-refractivity contribution is -0.115. The zero-order valence-corrected chi connectivity index (χ0v) is 11.9. The lowest BCUT2D eigenvalue weighted by atomic mass is 10.2. The van der Waals surface area contributed by atoms with Crippen molar-refractivity contribution in [2.24, 2.45) is 0 Å². The van der Waals surface area contributed by atoms with Crippen LogP contribution in [0.3, 0.4) is 0 Å². The molecule has 0 saturated heterocycles. The van der Waals surface area contributed by atoms with Crippen LogP contribution in [0.1, 0.15) is 10.4 Å². The lowest BCUT2D eigenvalue weighted by Gasteiger charge is -2.08. The van der Waals surface area contributed by atoms with Crippen LogP contribution in [0.5, 0.6) is 5.75 Å². The third-order valence-electron chi connectivity index (χ3n) is 2.89. The normalized spacial score (nSPS) is 9.91. The van der Waals surface area contributed by atoms with E-state index in [1.54, 1.807) is 30.3 Å². The molecule has 0 fully saturated rings. The van der Waals surface area contributed by atoms with Crippen LogP contribution in [0, 0.1) is 5.82 Å². The Labute approximate surface area is 127 Å². The highest BCUT2D eigenvalue weighted by Crippen LogP contribution is 2.13. The van der Waals surface area contributed by atoms with E-state index in [1.807, 2.05) is 0 Å². The number of halogens is 1. The summed E-state index contributed by atoms with van der Waals surface area (Å²) in [6.07, 6.45) is 0. The van der Waals surface area contributed by atoms with Gasteiger partial charge in [0.25, 0.3) is 5.91 Å². The van der Waals surface area contributed by atoms with E-state index in [4.69, 9.17) is 4.74 Å². The molecule has 2 N–H and O–H groups in total. The molecule has 0 aliphatic heterocycles. The van der Waals surface area contributed by atoms with Crippen LogP contribution < -0.4 is 15.4 Å². The molecule has 2 amide bonds. The number of carbonyl (C=O) groups is 2. The summed E-state index contributed by atoms with van der Waals surface area (Å²) in [5, 5.41) is 4.85. The molecule has 2 aromatic rings. The molecule has 5 nitrogen and oxygen atoms in total. The predicted molar refractivity (Wildman–Crippen MR) is 80.4 cm³/mol. The number of para-hydroxylation sites is 1. The molecule has 114 valence electrons. The molecule has 0 atom stereocenters. The van der Waals surface area contributed by atoms with Gasteiger partial charge in [-0.05, 0) is 30.3 Å². The van der Waals surface area contributed by atoms with Gasteiger partial charge in [-0.3, -0.25) is 9.59 Å². The monoisotopic (exact) mass is 302 g/mol. The van der Waals surface area contributed by atoms with Crippen molar-refractivity contribution < 1.29 is 18.7 Å². The molecule has 0 saturated carbocycles. The lowest BCUT2D eigenvalue weighted by Crippen LogP contribution is -2.33. The summed E-state index contributed by atoms with van der Waals surface area (Å²) in [5.74, 6) is -0.914. The van der Waals surface area contributed by atoms with E-state index in [2.05, 4.69) is 10.6 Å². The van der Waals surface area contributed by atoms with E-state index < -0.39 is 17.6 Å². The third kappa shape index (κ3) is 4.05. The Morgan fingerprint density at radius 1 is 1.14 bits per heavy atom. The van der Waals surface area contributed by atoms with Crippen LogP contribution >= 0.6 is 0 Å². The number of methoxy groups -OCH3 is 1. The number of carbonyl (C=O) groups excluding carboxylic acids is 2. The summed E-state index contributed by atoms with van der Waals surface area (Å²) in [4.78, 5) is 23.6. The van der Waals surface area contributed by atoms with E-state index in [0.29, 0.717) is 11.3 Å². The van der Waals surface area contributed by atoms with Crippen molar-refractivity contribution in [2.45, 2.75) is 0 Å². The van der Waals surface area contributed by atoms with E-state index in [-0.39, 0.29) is 12.2 Å². The van der Waals surface area contributed by atoms with Crippen molar-refractivity contribution >= 4 is 17.5 Å². The Morgan fingerprint density at radius 3 is 2.64 bits per heavy atom. The van der Waals surface area contributed by atoms with E-state index in [9.17, 15) is 14.0 Å².